The van der Waals surface area contributed by atoms with Gasteiger partial charge in [-0.1, -0.05) is 6.07 Å². The molecule has 1 atom stereocenters. The smallest absolute Gasteiger partial charge is 0.247 e. The van der Waals surface area contributed by atoms with Crippen LogP contribution in [-0.4, -0.2) is 26.9 Å². The van der Waals surface area contributed by atoms with Crippen molar-refractivity contribution in [1.82, 2.24) is 14.5 Å². The maximum atomic E-state index is 12.4. The van der Waals surface area contributed by atoms with Crippen molar-refractivity contribution in [3.05, 3.63) is 60.2 Å². The Morgan fingerprint density at radius 2 is 2.29 bits per heavy atom. The van der Waals surface area contributed by atoms with Crippen molar-refractivity contribution in [2.75, 3.05) is 6.54 Å². The summed E-state index contributed by atoms with van der Waals surface area (Å²) in [5, 5.41) is 0. The van der Waals surface area contributed by atoms with Gasteiger partial charge in [0, 0.05) is 44.0 Å². The van der Waals surface area contributed by atoms with Crippen LogP contribution >= 0.6 is 0 Å². The van der Waals surface area contributed by atoms with E-state index in [1.165, 1.54) is 5.69 Å². The molecule has 1 fully saturated rings. The summed E-state index contributed by atoms with van der Waals surface area (Å²) in [7, 11) is 2.03. The Bertz CT molecular complexity index is 645. The van der Waals surface area contributed by atoms with E-state index in [4.69, 9.17) is 0 Å². The SMILES string of the molecule is Cn1cccc1[C@H]1CCCN1C(=O)/C=C\c1cccnc1. The maximum absolute atomic E-state index is 12.4. The zero-order chi connectivity index (χ0) is 14.7. The quantitative estimate of drug-likeness (QED) is 0.811. The molecule has 21 heavy (non-hydrogen) atoms. The summed E-state index contributed by atoms with van der Waals surface area (Å²) < 4.78 is 2.10. The van der Waals surface area contributed by atoms with Crippen LogP contribution < -0.4 is 0 Å². The first-order valence-corrected chi connectivity index (χ1v) is 7.25. The largest absolute Gasteiger partial charge is 0.353 e. The average Bonchev–Trinajstić information content (AvgIpc) is 3.14. The van der Waals surface area contributed by atoms with Crippen molar-refractivity contribution < 1.29 is 4.79 Å². The molecule has 1 amide bonds. The molecule has 2 aromatic rings. The molecule has 3 rings (SSSR count). The lowest BCUT2D eigenvalue weighted by atomic mass is 10.1. The van der Waals surface area contributed by atoms with Gasteiger partial charge in [-0.2, -0.15) is 0 Å². The highest BCUT2D eigenvalue weighted by Crippen LogP contribution is 2.32. The molecule has 1 saturated heterocycles. The molecule has 1 aliphatic rings. The fourth-order valence-electron chi connectivity index (χ4n) is 2.90. The average molecular weight is 281 g/mol. The topological polar surface area (TPSA) is 38.1 Å². The second-order valence-electron chi connectivity index (χ2n) is 5.35. The number of hydrogen-bond donors (Lipinski definition) is 0. The van der Waals surface area contributed by atoms with E-state index in [9.17, 15) is 4.79 Å². The van der Waals surface area contributed by atoms with Crippen molar-refractivity contribution in [1.29, 1.82) is 0 Å². The van der Waals surface area contributed by atoms with Crippen molar-refractivity contribution in [3.8, 4) is 0 Å². The second-order valence-corrected chi connectivity index (χ2v) is 5.35. The van der Waals surface area contributed by atoms with Crippen LogP contribution in [0.3, 0.4) is 0 Å². The summed E-state index contributed by atoms with van der Waals surface area (Å²) in [5.74, 6) is 0.0718. The number of carbonyl (C=O) groups is 1. The first-order valence-electron chi connectivity index (χ1n) is 7.25. The molecule has 0 aromatic carbocycles. The second kappa shape index (κ2) is 5.95. The fourth-order valence-corrected chi connectivity index (χ4v) is 2.90. The summed E-state index contributed by atoms with van der Waals surface area (Å²) >= 11 is 0. The normalized spacial score (nSPS) is 18.5. The lowest BCUT2D eigenvalue weighted by molar-refractivity contribution is -0.126. The fraction of sp³-hybridized carbons (Fsp3) is 0.294. The molecule has 3 heterocycles. The standard InChI is InChI=1S/C17H19N3O/c1-19-11-3-6-15(19)16-7-4-12-20(16)17(21)9-8-14-5-2-10-18-13-14/h2-3,5-6,8-11,13,16H,4,7,12H2,1H3/b9-8-/t16-/m1/s1. The maximum Gasteiger partial charge on any atom is 0.247 e. The highest BCUT2D eigenvalue weighted by molar-refractivity contribution is 5.92. The predicted octanol–water partition coefficient (Wildman–Crippen LogP) is 2.80. The number of likely N-dealkylation sites (tertiary alicyclic amines) is 1. The van der Waals surface area contributed by atoms with E-state index in [2.05, 4.69) is 15.6 Å². The van der Waals surface area contributed by atoms with Gasteiger partial charge in [0.1, 0.15) is 0 Å². The zero-order valence-electron chi connectivity index (χ0n) is 12.1. The lowest BCUT2D eigenvalue weighted by Crippen LogP contribution is -2.29. The Kier molecular flexibility index (Phi) is 3.86. The molecule has 0 aliphatic carbocycles. The van der Waals surface area contributed by atoms with Crippen LogP contribution in [0.25, 0.3) is 6.08 Å². The van der Waals surface area contributed by atoms with Gasteiger partial charge < -0.3 is 9.47 Å². The van der Waals surface area contributed by atoms with Gasteiger partial charge in [0.2, 0.25) is 5.91 Å². The summed E-state index contributed by atoms with van der Waals surface area (Å²) in [6.45, 7) is 0.825. The van der Waals surface area contributed by atoms with Crippen LogP contribution in [0.15, 0.2) is 48.9 Å². The lowest BCUT2D eigenvalue weighted by Gasteiger charge is -2.24. The van der Waals surface area contributed by atoms with Gasteiger partial charge in [-0.25, -0.2) is 0 Å². The van der Waals surface area contributed by atoms with E-state index in [0.29, 0.717) is 0 Å². The van der Waals surface area contributed by atoms with Gasteiger partial charge in [0.25, 0.3) is 0 Å². The van der Waals surface area contributed by atoms with Gasteiger partial charge >= 0.3 is 0 Å². The molecule has 0 N–H and O–H groups in total. The third-order valence-electron chi connectivity index (χ3n) is 3.96. The summed E-state index contributed by atoms with van der Waals surface area (Å²) in [6.07, 6.45) is 11.1. The van der Waals surface area contributed by atoms with Crippen LogP contribution in [0.2, 0.25) is 0 Å². The number of pyridine rings is 1. The number of carbonyl (C=O) groups excluding carboxylic acids is 1. The third kappa shape index (κ3) is 2.89. The molecule has 0 saturated carbocycles. The van der Waals surface area contributed by atoms with E-state index in [1.54, 1.807) is 18.5 Å². The number of aryl methyl sites for hydroxylation is 1. The van der Waals surface area contributed by atoms with Crippen molar-refractivity contribution in [2.24, 2.45) is 7.05 Å². The van der Waals surface area contributed by atoms with Gasteiger partial charge in [0.05, 0.1) is 6.04 Å². The molecule has 2 aromatic heterocycles. The minimum absolute atomic E-state index is 0.0718. The molecule has 0 radical (unpaired) electrons. The molecule has 4 heteroatoms. The molecule has 4 nitrogen and oxygen atoms in total. The predicted molar refractivity (Wildman–Crippen MR) is 82.4 cm³/mol. The van der Waals surface area contributed by atoms with Crippen molar-refractivity contribution >= 4 is 12.0 Å². The molecule has 0 spiro atoms. The van der Waals surface area contributed by atoms with E-state index >= 15 is 0 Å². The molecular formula is C17H19N3O. The third-order valence-corrected chi connectivity index (χ3v) is 3.96. The van der Waals surface area contributed by atoms with Gasteiger partial charge in [-0.3, -0.25) is 9.78 Å². The van der Waals surface area contributed by atoms with Gasteiger partial charge in [-0.05, 0) is 42.7 Å². The van der Waals surface area contributed by atoms with E-state index in [0.717, 1.165) is 24.9 Å². The van der Waals surface area contributed by atoms with Crippen LogP contribution in [0, 0.1) is 0 Å². The highest BCUT2D eigenvalue weighted by atomic mass is 16.2. The van der Waals surface area contributed by atoms with Gasteiger partial charge in [0.15, 0.2) is 0 Å². The summed E-state index contributed by atoms with van der Waals surface area (Å²) in [5.41, 5.74) is 2.15. The van der Waals surface area contributed by atoms with Crippen LogP contribution in [0.4, 0.5) is 0 Å². The van der Waals surface area contributed by atoms with Crippen molar-refractivity contribution in [3.63, 3.8) is 0 Å². The summed E-state index contributed by atoms with van der Waals surface area (Å²) in [6, 6.07) is 8.13. The number of hydrogen-bond acceptors (Lipinski definition) is 2. The molecular weight excluding hydrogens is 262 g/mol. The van der Waals surface area contributed by atoms with E-state index < -0.39 is 0 Å². The molecule has 0 bridgehead atoms. The highest BCUT2D eigenvalue weighted by Gasteiger charge is 2.29. The van der Waals surface area contributed by atoms with Crippen molar-refractivity contribution in [2.45, 2.75) is 18.9 Å². The first kappa shape index (κ1) is 13.6. The number of amides is 1. The number of rotatable bonds is 3. The molecule has 1 aliphatic heterocycles. The monoisotopic (exact) mass is 281 g/mol. The van der Waals surface area contributed by atoms with Gasteiger partial charge in [-0.15, -0.1) is 0 Å². The molecule has 108 valence electrons. The van der Waals surface area contributed by atoms with E-state index in [-0.39, 0.29) is 11.9 Å². The minimum Gasteiger partial charge on any atom is -0.353 e. The van der Waals surface area contributed by atoms with Crippen LogP contribution in [0.1, 0.15) is 30.1 Å². The molecule has 0 unspecified atom stereocenters. The Balaban J connectivity index is 1.75. The van der Waals surface area contributed by atoms with Crippen LogP contribution in [0.5, 0.6) is 0 Å². The number of aromatic nitrogens is 2. The Morgan fingerprint density at radius 1 is 1.38 bits per heavy atom. The van der Waals surface area contributed by atoms with E-state index in [1.807, 2.05) is 42.4 Å². The summed E-state index contributed by atoms with van der Waals surface area (Å²) in [4.78, 5) is 18.5. The Morgan fingerprint density at radius 3 is 3.00 bits per heavy atom. The van der Waals surface area contributed by atoms with Crippen LogP contribution in [-0.2, 0) is 11.8 Å². The minimum atomic E-state index is 0.0718. The zero-order valence-corrected chi connectivity index (χ0v) is 12.1. The number of nitrogens with zero attached hydrogens (tertiary/aromatic N) is 3. The Hall–Kier alpha value is -2.36. The first-order chi connectivity index (χ1) is 10.3. The Labute approximate surface area is 124 Å².